The van der Waals surface area contributed by atoms with Crippen molar-refractivity contribution in [3.05, 3.63) is 36.0 Å². The molecule has 3 atom stereocenters. The van der Waals surface area contributed by atoms with Crippen molar-refractivity contribution in [2.24, 2.45) is 16.7 Å². The second-order valence-electron chi connectivity index (χ2n) is 8.07. The summed E-state index contributed by atoms with van der Waals surface area (Å²) < 4.78 is 5.86. The number of allylic oxidation sites excluding steroid dienone is 3. The van der Waals surface area contributed by atoms with Crippen LogP contribution < -0.4 is 0 Å². The molecule has 2 aliphatic carbocycles. The van der Waals surface area contributed by atoms with Crippen LogP contribution in [-0.2, 0) is 14.3 Å². The summed E-state index contributed by atoms with van der Waals surface area (Å²) in [5.74, 6) is -0.0237. The summed E-state index contributed by atoms with van der Waals surface area (Å²) in [6, 6.07) is 0. The highest BCUT2D eigenvalue weighted by Crippen LogP contribution is 2.46. The van der Waals surface area contributed by atoms with Gasteiger partial charge in [0.1, 0.15) is 6.10 Å². The summed E-state index contributed by atoms with van der Waals surface area (Å²) >= 11 is 0. The second kappa shape index (κ2) is 5.55. The smallest absolute Gasteiger partial charge is 0.173 e. The Morgan fingerprint density at radius 3 is 2.70 bits per heavy atom. The lowest BCUT2D eigenvalue weighted by Crippen LogP contribution is -2.48. The molecule has 1 saturated heterocycles. The Kier molecular flexibility index (Phi) is 3.96. The first-order valence-electron chi connectivity index (χ1n) is 8.51. The highest BCUT2D eigenvalue weighted by Gasteiger charge is 2.48. The molecular weight excluding hydrogens is 288 g/mol. The second-order valence-corrected chi connectivity index (χ2v) is 8.07. The number of ketones is 2. The fourth-order valence-electron chi connectivity index (χ4n) is 4.18. The molecule has 1 heterocycles. The van der Waals surface area contributed by atoms with Crippen molar-refractivity contribution in [2.75, 3.05) is 6.61 Å². The van der Waals surface area contributed by atoms with Crippen LogP contribution in [-0.4, -0.2) is 24.3 Å². The molecule has 0 aromatic heterocycles. The number of ether oxygens (including phenoxy) is 1. The van der Waals surface area contributed by atoms with Crippen molar-refractivity contribution in [3.8, 4) is 0 Å². The lowest BCUT2D eigenvalue weighted by atomic mass is 9.64. The number of fused-ring (bicyclic) bond motifs is 1. The van der Waals surface area contributed by atoms with E-state index < -0.39 is 6.10 Å². The van der Waals surface area contributed by atoms with Crippen molar-refractivity contribution < 1.29 is 14.3 Å². The van der Waals surface area contributed by atoms with E-state index in [4.69, 9.17) is 4.74 Å². The molecule has 0 amide bonds. The summed E-state index contributed by atoms with van der Waals surface area (Å²) in [5, 5.41) is 0. The summed E-state index contributed by atoms with van der Waals surface area (Å²) in [5.41, 5.74) is 1.34. The molecule has 0 radical (unpaired) electrons. The Morgan fingerprint density at radius 2 is 2.00 bits per heavy atom. The van der Waals surface area contributed by atoms with E-state index in [0.29, 0.717) is 18.6 Å². The molecule has 0 spiro atoms. The van der Waals surface area contributed by atoms with Gasteiger partial charge in [0.15, 0.2) is 11.6 Å². The van der Waals surface area contributed by atoms with Gasteiger partial charge >= 0.3 is 0 Å². The number of rotatable bonds is 2. The van der Waals surface area contributed by atoms with Crippen LogP contribution in [0.5, 0.6) is 0 Å². The van der Waals surface area contributed by atoms with Gasteiger partial charge in [-0.1, -0.05) is 39.0 Å². The van der Waals surface area contributed by atoms with E-state index in [1.165, 1.54) is 0 Å². The molecule has 0 N–H and O–H groups in total. The first-order chi connectivity index (χ1) is 10.8. The van der Waals surface area contributed by atoms with Gasteiger partial charge in [0.25, 0.3) is 0 Å². The van der Waals surface area contributed by atoms with Gasteiger partial charge in [-0.3, -0.25) is 9.59 Å². The molecule has 1 aliphatic heterocycles. The minimum absolute atomic E-state index is 0.0451. The minimum atomic E-state index is -0.707. The topological polar surface area (TPSA) is 43.4 Å². The molecule has 3 rings (SSSR count). The summed E-state index contributed by atoms with van der Waals surface area (Å²) in [6.45, 7) is 10.7. The fraction of sp³-hybridized carbons (Fsp3) is 0.600. The molecule has 3 aliphatic rings. The predicted octanol–water partition coefficient (Wildman–Crippen LogP) is 3.80. The third-order valence-corrected chi connectivity index (χ3v) is 5.75. The van der Waals surface area contributed by atoms with Crippen LogP contribution in [0.3, 0.4) is 0 Å². The average molecular weight is 314 g/mol. The van der Waals surface area contributed by atoms with E-state index in [1.54, 1.807) is 0 Å². The third kappa shape index (κ3) is 2.76. The van der Waals surface area contributed by atoms with Gasteiger partial charge in [-0.05, 0) is 30.3 Å². The first kappa shape index (κ1) is 16.4. The van der Waals surface area contributed by atoms with Gasteiger partial charge in [-0.25, -0.2) is 0 Å². The predicted molar refractivity (Wildman–Crippen MR) is 90.0 cm³/mol. The molecule has 3 nitrogen and oxygen atoms in total. The average Bonchev–Trinajstić information content (AvgIpc) is 2.50. The quantitative estimate of drug-likeness (QED) is 0.728. The van der Waals surface area contributed by atoms with Crippen LogP contribution in [0.4, 0.5) is 0 Å². The van der Waals surface area contributed by atoms with E-state index in [0.717, 1.165) is 24.8 Å². The molecule has 0 unspecified atom stereocenters. The molecule has 1 fully saturated rings. The van der Waals surface area contributed by atoms with E-state index in [-0.39, 0.29) is 28.3 Å². The number of Topliss-reactive ketones (excluding diaryl/α,β-unsaturated/α-hetero) is 2. The van der Waals surface area contributed by atoms with Gasteiger partial charge in [0.05, 0.1) is 6.61 Å². The SMILES string of the molecule is C=C[C@]1(C)C=C([C@@H]2OCC3=CCCC(C)(C)[C@@H]3C2=O)C(=O)CC1. The van der Waals surface area contributed by atoms with Crippen LogP contribution in [0.25, 0.3) is 0 Å². The highest BCUT2D eigenvalue weighted by molar-refractivity contribution is 6.05. The number of carbonyl (C=O) groups excluding carboxylic acids is 2. The van der Waals surface area contributed by atoms with Gasteiger partial charge in [-0.2, -0.15) is 0 Å². The zero-order valence-corrected chi connectivity index (χ0v) is 14.4. The van der Waals surface area contributed by atoms with Crippen LogP contribution >= 0.6 is 0 Å². The normalized spacial score (nSPS) is 36.8. The van der Waals surface area contributed by atoms with Gasteiger partial charge in [-0.15, -0.1) is 6.58 Å². The van der Waals surface area contributed by atoms with Crippen LogP contribution in [0.2, 0.25) is 0 Å². The summed E-state index contributed by atoms with van der Waals surface area (Å²) in [7, 11) is 0. The van der Waals surface area contributed by atoms with Crippen LogP contribution in [0.1, 0.15) is 46.5 Å². The molecule has 0 aromatic carbocycles. The standard InChI is InChI=1S/C20H26O3/c1-5-20(4)10-8-15(21)14(11-20)18-17(22)16-13(12-23-18)7-6-9-19(16,2)3/h5,7,11,16,18H,1,6,8-10,12H2,2-4H3/t16-,18-,20-/m0/s1. The largest absolute Gasteiger partial charge is 0.361 e. The van der Waals surface area contributed by atoms with Gasteiger partial charge in [0.2, 0.25) is 0 Å². The fourth-order valence-corrected chi connectivity index (χ4v) is 4.18. The van der Waals surface area contributed by atoms with Crippen molar-refractivity contribution in [2.45, 2.75) is 52.6 Å². The highest BCUT2D eigenvalue weighted by atomic mass is 16.5. The molecule has 0 aromatic rings. The van der Waals surface area contributed by atoms with E-state index >= 15 is 0 Å². The van der Waals surface area contributed by atoms with Crippen molar-refractivity contribution in [1.29, 1.82) is 0 Å². The summed E-state index contributed by atoms with van der Waals surface area (Å²) in [4.78, 5) is 25.5. The van der Waals surface area contributed by atoms with Crippen molar-refractivity contribution in [1.82, 2.24) is 0 Å². The van der Waals surface area contributed by atoms with E-state index in [1.807, 2.05) is 12.2 Å². The number of hydrogen-bond acceptors (Lipinski definition) is 3. The zero-order valence-electron chi connectivity index (χ0n) is 14.4. The maximum absolute atomic E-state index is 13.1. The summed E-state index contributed by atoms with van der Waals surface area (Å²) in [6.07, 6.45) is 8.42. The maximum Gasteiger partial charge on any atom is 0.173 e. The monoisotopic (exact) mass is 314 g/mol. The molecule has 0 saturated carbocycles. The molecule has 124 valence electrons. The Bertz CT molecular complexity index is 623. The molecule has 0 bridgehead atoms. The lowest BCUT2D eigenvalue weighted by Gasteiger charge is -2.44. The van der Waals surface area contributed by atoms with Gasteiger partial charge in [0, 0.05) is 23.3 Å². The number of hydrogen-bond donors (Lipinski definition) is 0. The molecule has 23 heavy (non-hydrogen) atoms. The molecular formula is C20H26O3. The first-order valence-corrected chi connectivity index (χ1v) is 8.51. The van der Waals surface area contributed by atoms with E-state index in [2.05, 4.69) is 33.4 Å². The maximum atomic E-state index is 13.1. The Hall–Kier alpha value is -1.48. The molecule has 3 heteroatoms. The van der Waals surface area contributed by atoms with Crippen LogP contribution in [0, 0.1) is 16.7 Å². The van der Waals surface area contributed by atoms with E-state index in [9.17, 15) is 9.59 Å². The Balaban J connectivity index is 1.97. The lowest BCUT2D eigenvalue weighted by molar-refractivity contribution is -0.141. The van der Waals surface area contributed by atoms with Crippen molar-refractivity contribution >= 4 is 11.6 Å². The third-order valence-electron chi connectivity index (χ3n) is 5.75. The van der Waals surface area contributed by atoms with Crippen molar-refractivity contribution in [3.63, 3.8) is 0 Å². The van der Waals surface area contributed by atoms with Crippen LogP contribution in [0.15, 0.2) is 36.0 Å². The Labute approximate surface area is 138 Å². The Morgan fingerprint density at radius 1 is 1.26 bits per heavy atom. The number of carbonyl (C=O) groups is 2. The minimum Gasteiger partial charge on any atom is -0.361 e. The van der Waals surface area contributed by atoms with Gasteiger partial charge < -0.3 is 4.74 Å². The zero-order chi connectivity index (χ0) is 16.8.